The van der Waals surface area contributed by atoms with E-state index in [9.17, 15) is 0 Å². The minimum Gasteiger partial charge on any atom is -0.272 e. The predicted octanol–water partition coefficient (Wildman–Crippen LogP) is 7.63. The third kappa shape index (κ3) is 8.91. The van der Waals surface area contributed by atoms with Gasteiger partial charge in [0.05, 0.1) is 10.2 Å². The van der Waals surface area contributed by atoms with Crippen molar-refractivity contribution in [3.8, 4) is 0 Å². The number of fused-ring (bicyclic) bond motifs is 1. The molecule has 146 valence electrons. The summed E-state index contributed by atoms with van der Waals surface area (Å²) in [5.74, 6) is 0. The summed E-state index contributed by atoms with van der Waals surface area (Å²) < 4.78 is 2.12. The molecular formula is C23H32N2S2. The van der Waals surface area contributed by atoms with Gasteiger partial charge in [-0.05, 0) is 42.5 Å². The Morgan fingerprint density at radius 1 is 0.815 bits per heavy atom. The van der Waals surface area contributed by atoms with E-state index < -0.39 is 0 Å². The van der Waals surface area contributed by atoms with Gasteiger partial charge in [0, 0.05) is 0 Å². The van der Waals surface area contributed by atoms with E-state index in [4.69, 9.17) is 5.14 Å². The molecule has 0 bridgehead atoms. The molecule has 2 nitrogen and oxygen atoms in total. The Bertz CT molecular complexity index is 707. The zero-order valence-electron chi connectivity index (χ0n) is 16.4. The largest absolute Gasteiger partial charge is 0.272 e. The SMILES string of the molecule is CCCCCCCCCCc1ccccc1.NSc1nc2ccccc2s1. The van der Waals surface area contributed by atoms with Crippen LogP contribution in [0, 0.1) is 0 Å². The number of hydrogen-bond acceptors (Lipinski definition) is 4. The first-order valence-electron chi connectivity index (χ1n) is 10.1. The Labute approximate surface area is 172 Å². The molecule has 0 atom stereocenters. The van der Waals surface area contributed by atoms with Crippen LogP contribution < -0.4 is 5.14 Å². The molecule has 0 aliphatic heterocycles. The van der Waals surface area contributed by atoms with E-state index in [2.05, 4.69) is 42.2 Å². The maximum absolute atomic E-state index is 5.38. The summed E-state index contributed by atoms with van der Waals surface area (Å²) in [5.41, 5.74) is 2.53. The van der Waals surface area contributed by atoms with Gasteiger partial charge >= 0.3 is 0 Å². The number of nitrogens with zero attached hydrogens (tertiary/aromatic N) is 1. The number of aryl methyl sites for hydroxylation is 1. The van der Waals surface area contributed by atoms with E-state index in [1.54, 1.807) is 11.3 Å². The first-order chi connectivity index (χ1) is 13.3. The van der Waals surface area contributed by atoms with Crippen molar-refractivity contribution in [3.63, 3.8) is 0 Å². The minimum atomic E-state index is 0.922. The number of unbranched alkanes of at least 4 members (excludes halogenated alkanes) is 7. The Balaban J connectivity index is 0.000000206. The zero-order chi connectivity index (χ0) is 19.2. The Morgan fingerprint density at radius 3 is 2.11 bits per heavy atom. The average molecular weight is 401 g/mol. The van der Waals surface area contributed by atoms with Crippen LogP contribution in [0.25, 0.3) is 10.2 Å². The molecule has 0 aliphatic carbocycles. The van der Waals surface area contributed by atoms with Crippen LogP contribution in [-0.2, 0) is 6.42 Å². The van der Waals surface area contributed by atoms with Crippen LogP contribution >= 0.6 is 23.3 Å². The van der Waals surface area contributed by atoms with Crippen LogP contribution in [0.3, 0.4) is 0 Å². The molecular weight excluding hydrogens is 368 g/mol. The van der Waals surface area contributed by atoms with Crippen molar-refractivity contribution >= 4 is 33.5 Å². The van der Waals surface area contributed by atoms with Gasteiger partial charge in [-0.1, -0.05) is 94.3 Å². The first kappa shape index (κ1) is 21.9. The molecule has 2 N–H and O–H groups in total. The fraction of sp³-hybridized carbons (Fsp3) is 0.435. The monoisotopic (exact) mass is 400 g/mol. The minimum absolute atomic E-state index is 0.922. The summed E-state index contributed by atoms with van der Waals surface area (Å²) in [6.07, 6.45) is 12.5. The lowest BCUT2D eigenvalue weighted by atomic mass is 10.0. The number of nitrogens with two attached hydrogens (primary N) is 1. The number of thiazole rings is 1. The molecule has 0 fully saturated rings. The lowest BCUT2D eigenvalue weighted by Crippen LogP contribution is -1.85. The van der Waals surface area contributed by atoms with Crippen molar-refractivity contribution in [2.75, 3.05) is 0 Å². The molecule has 1 aromatic heterocycles. The van der Waals surface area contributed by atoms with Crippen LogP contribution in [0.5, 0.6) is 0 Å². The van der Waals surface area contributed by atoms with Crippen molar-refractivity contribution in [2.24, 2.45) is 5.14 Å². The van der Waals surface area contributed by atoms with Crippen LogP contribution in [0.4, 0.5) is 0 Å². The van der Waals surface area contributed by atoms with E-state index >= 15 is 0 Å². The maximum atomic E-state index is 5.38. The second kappa shape index (κ2) is 13.8. The highest BCUT2D eigenvalue weighted by Crippen LogP contribution is 2.25. The van der Waals surface area contributed by atoms with Gasteiger partial charge in [-0.25, -0.2) is 4.98 Å². The van der Waals surface area contributed by atoms with Gasteiger partial charge in [0.2, 0.25) is 0 Å². The number of para-hydroxylation sites is 1. The summed E-state index contributed by atoms with van der Waals surface area (Å²) in [6.45, 7) is 2.28. The summed E-state index contributed by atoms with van der Waals surface area (Å²) in [5, 5.41) is 5.38. The summed E-state index contributed by atoms with van der Waals surface area (Å²) in [6, 6.07) is 18.9. The third-order valence-corrected chi connectivity index (χ3v) is 6.20. The van der Waals surface area contributed by atoms with Gasteiger partial charge in [0.25, 0.3) is 0 Å². The van der Waals surface area contributed by atoms with Crippen LogP contribution in [0.15, 0.2) is 58.9 Å². The van der Waals surface area contributed by atoms with Gasteiger partial charge < -0.3 is 0 Å². The van der Waals surface area contributed by atoms with Crippen molar-refractivity contribution in [1.29, 1.82) is 0 Å². The normalized spacial score (nSPS) is 10.6. The fourth-order valence-electron chi connectivity index (χ4n) is 3.01. The highest BCUT2D eigenvalue weighted by Gasteiger charge is 1.99. The van der Waals surface area contributed by atoms with Gasteiger partial charge in [0.1, 0.15) is 0 Å². The third-order valence-electron chi connectivity index (χ3n) is 4.54. The molecule has 3 aromatic rings. The van der Waals surface area contributed by atoms with Crippen LogP contribution in [0.2, 0.25) is 0 Å². The standard InChI is InChI=1S/C16H26.C7H6N2S2/c1-2-3-4-5-6-7-8-10-13-16-14-11-9-12-15-16;8-11-7-9-5-3-1-2-4-6(5)10-7/h9,11-12,14-15H,2-8,10,13H2,1H3;1-4H,8H2. The highest BCUT2D eigenvalue weighted by molar-refractivity contribution is 7.99. The summed E-state index contributed by atoms with van der Waals surface area (Å²) in [4.78, 5) is 4.29. The van der Waals surface area contributed by atoms with Gasteiger partial charge in [-0.15, -0.1) is 11.3 Å². The molecule has 1 heterocycles. The van der Waals surface area contributed by atoms with Crippen molar-refractivity contribution in [3.05, 3.63) is 60.2 Å². The molecule has 0 spiro atoms. The van der Waals surface area contributed by atoms with Crippen molar-refractivity contribution < 1.29 is 0 Å². The van der Waals surface area contributed by atoms with Gasteiger partial charge in [-0.2, -0.15) is 0 Å². The molecule has 0 unspecified atom stereocenters. The summed E-state index contributed by atoms with van der Waals surface area (Å²) in [7, 11) is 0. The van der Waals surface area contributed by atoms with Crippen LogP contribution in [0.1, 0.15) is 63.9 Å². The molecule has 27 heavy (non-hydrogen) atoms. The number of benzene rings is 2. The lowest BCUT2D eigenvalue weighted by Gasteiger charge is -2.02. The first-order valence-corrected chi connectivity index (χ1v) is 11.8. The van der Waals surface area contributed by atoms with Gasteiger partial charge in [-0.3, -0.25) is 5.14 Å². The van der Waals surface area contributed by atoms with E-state index in [1.165, 1.54) is 80.0 Å². The number of rotatable bonds is 10. The smallest absolute Gasteiger partial charge is 0.165 e. The molecule has 3 rings (SSSR count). The molecule has 0 radical (unpaired) electrons. The van der Waals surface area contributed by atoms with Crippen LogP contribution in [-0.4, -0.2) is 4.98 Å². The molecule has 0 amide bonds. The summed E-state index contributed by atoms with van der Waals surface area (Å²) >= 11 is 2.83. The second-order valence-corrected chi connectivity index (χ2v) is 8.69. The highest BCUT2D eigenvalue weighted by atomic mass is 32.2. The molecule has 0 saturated heterocycles. The van der Waals surface area contributed by atoms with E-state index in [0.29, 0.717) is 0 Å². The number of hydrogen-bond donors (Lipinski definition) is 1. The van der Waals surface area contributed by atoms with E-state index in [-0.39, 0.29) is 0 Å². The Morgan fingerprint density at radius 2 is 1.44 bits per heavy atom. The Hall–Kier alpha value is -1.36. The molecule has 0 aliphatic rings. The van der Waals surface area contributed by atoms with Gasteiger partial charge in [0.15, 0.2) is 4.34 Å². The van der Waals surface area contributed by atoms with Crippen molar-refractivity contribution in [2.45, 2.75) is 69.1 Å². The predicted molar refractivity (Wildman–Crippen MR) is 122 cm³/mol. The average Bonchev–Trinajstić information content (AvgIpc) is 3.15. The molecule has 0 saturated carbocycles. The van der Waals surface area contributed by atoms with Crippen molar-refractivity contribution in [1.82, 2.24) is 4.98 Å². The number of aromatic nitrogens is 1. The zero-order valence-corrected chi connectivity index (χ0v) is 18.0. The fourth-order valence-corrected chi connectivity index (χ4v) is 4.32. The maximum Gasteiger partial charge on any atom is 0.165 e. The topological polar surface area (TPSA) is 38.9 Å². The van der Waals surface area contributed by atoms with E-state index in [0.717, 1.165) is 9.86 Å². The molecule has 2 aromatic carbocycles. The molecule has 4 heteroatoms. The lowest BCUT2D eigenvalue weighted by molar-refractivity contribution is 0.575. The second-order valence-electron chi connectivity index (χ2n) is 6.78. The van der Waals surface area contributed by atoms with E-state index in [1.807, 2.05) is 24.3 Å². The Kier molecular flexibility index (Phi) is 11.2. The quantitative estimate of drug-likeness (QED) is 0.281.